The molecule has 0 aliphatic carbocycles. The van der Waals surface area contributed by atoms with Crippen LogP contribution in [0.3, 0.4) is 0 Å². The van der Waals surface area contributed by atoms with E-state index in [-0.39, 0.29) is 18.6 Å². The third kappa shape index (κ3) is 4.61. The SMILES string of the molecule is NCc1ccc(OCC(=O)NC2CCS(=O)CC2)cc1. The second kappa shape index (κ2) is 7.40. The van der Waals surface area contributed by atoms with E-state index in [4.69, 9.17) is 10.5 Å². The summed E-state index contributed by atoms with van der Waals surface area (Å²) in [5.74, 6) is 1.87. The van der Waals surface area contributed by atoms with Crippen LogP contribution < -0.4 is 15.8 Å². The van der Waals surface area contributed by atoms with E-state index in [1.807, 2.05) is 12.1 Å². The van der Waals surface area contributed by atoms with E-state index < -0.39 is 10.8 Å². The Morgan fingerprint density at radius 2 is 1.95 bits per heavy atom. The van der Waals surface area contributed by atoms with Crippen molar-refractivity contribution in [1.82, 2.24) is 5.32 Å². The Morgan fingerprint density at radius 1 is 1.30 bits per heavy atom. The summed E-state index contributed by atoms with van der Waals surface area (Å²) in [6.45, 7) is 0.491. The molecular weight excluding hydrogens is 276 g/mol. The van der Waals surface area contributed by atoms with Crippen molar-refractivity contribution < 1.29 is 13.7 Å². The normalized spacial score (nSPS) is 22.2. The number of nitrogens with two attached hydrogens (primary N) is 1. The third-order valence-corrected chi connectivity index (χ3v) is 4.66. The molecule has 0 saturated carbocycles. The zero-order chi connectivity index (χ0) is 14.4. The van der Waals surface area contributed by atoms with Crippen LogP contribution in [0.25, 0.3) is 0 Å². The van der Waals surface area contributed by atoms with Gasteiger partial charge in [0.15, 0.2) is 6.61 Å². The molecular formula is C14H20N2O3S. The first-order chi connectivity index (χ1) is 9.67. The van der Waals surface area contributed by atoms with Crippen LogP contribution >= 0.6 is 0 Å². The van der Waals surface area contributed by atoms with Crippen LogP contribution in [0.1, 0.15) is 18.4 Å². The molecule has 1 amide bonds. The lowest BCUT2D eigenvalue weighted by Crippen LogP contribution is -2.41. The fraction of sp³-hybridized carbons (Fsp3) is 0.500. The van der Waals surface area contributed by atoms with Gasteiger partial charge in [-0.3, -0.25) is 9.00 Å². The molecule has 0 unspecified atom stereocenters. The molecule has 2 rings (SSSR count). The Morgan fingerprint density at radius 3 is 2.55 bits per heavy atom. The van der Waals surface area contributed by atoms with Gasteiger partial charge in [-0.25, -0.2) is 0 Å². The minimum absolute atomic E-state index is 0.00155. The highest BCUT2D eigenvalue weighted by Crippen LogP contribution is 2.12. The van der Waals surface area contributed by atoms with Crippen molar-refractivity contribution in [3.8, 4) is 5.75 Å². The number of nitrogens with one attached hydrogen (secondary N) is 1. The lowest BCUT2D eigenvalue weighted by Gasteiger charge is -2.22. The predicted molar refractivity (Wildman–Crippen MR) is 78.9 cm³/mol. The third-order valence-electron chi connectivity index (χ3n) is 3.28. The Hall–Kier alpha value is -1.40. The van der Waals surface area contributed by atoms with Gasteiger partial charge in [-0.2, -0.15) is 0 Å². The molecule has 20 heavy (non-hydrogen) atoms. The van der Waals surface area contributed by atoms with E-state index in [0.717, 1.165) is 18.4 Å². The van der Waals surface area contributed by atoms with Crippen LogP contribution in [0.4, 0.5) is 0 Å². The first-order valence-corrected chi connectivity index (χ1v) is 8.22. The molecule has 6 heteroatoms. The lowest BCUT2D eigenvalue weighted by molar-refractivity contribution is -0.123. The summed E-state index contributed by atoms with van der Waals surface area (Å²) in [6.07, 6.45) is 1.56. The molecule has 0 bridgehead atoms. The number of hydrogen-bond donors (Lipinski definition) is 2. The number of ether oxygens (including phenoxy) is 1. The zero-order valence-electron chi connectivity index (χ0n) is 11.3. The average molecular weight is 296 g/mol. The van der Waals surface area contributed by atoms with Crippen molar-refractivity contribution in [3.05, 3.63) is 29.8 Å². The van der Waals surface area contributed by atoms with Gasteiger partial charge < -0.3 is 15.8 Å². The van der Waals surface area contributed by atoms with Gasteiger partial charge in [-0.05, 0) is 30.5 Å². The molecule has 1 aliphatic heterocycles. The van der Waals surface area contributed by atoms with Gasteiger partial charge >= 0.3 is 0 Å². The summed E-state index contributed by atoms with van der Waals surface area (Å²) in [5, 5.41) is 2.91. The largest absolute Gasteiger partial charge is 0.484 e. The zero-order valence-corrected chi connectivity index (χ0v) is 12.2. The van der Waals surface area contributed by atoms with Gasteiger partial charge in [0.1, 0.15) is 5.75 Å². The van der Waals surface area contributed by atoms with E-state index in [9.17, 15) is 9.00 Å². The van der Waals surface area contributed by atoms with Crippen LogP contribution in [0.15, 0.2) is 24.3 Å². The molecule has 1 aromatic carbocycles. The van der Waals surface area contributed by atoms with Crippen molar-refractivity contribution in [1.29, 1.82) is 0 Å². The summed E-state index contributed by atoms with van der Waals surface area (Å²) >= 11 is 0. The summed E-state index contributed by atoms with van der Waals surface area (Å²) in [6, 6.07) is 7.50. The second-order valence-electron chi connectivity index (χ2n) is 4.83. The number of amides is 1. The number of carbonyl (C=O) groups excluding carboxylic acids is 1. The Kier molecular flexibility index (Phi) is 5.55. The van der Waals surface area contributed by atoms with Crippen molar-refractivity contribution in [2.24, 2.45) is 5.73 Å². The van der Waals surface area contributed by atoms with Gasteiger partial charge in [0.2, 0.25) is 0 Å². The Labute approximate surface area is 121 Å². The van der Waals surface area contributed by atoms with E-state index in [0.29, 0.717) is 23.8 Å². The minimum atomic E-state index is -0.705. The Balaban J connectivity index is 1.72. The van der Waals surface area contributed by atoms with Crippen LogP contribution in [-0.4, -0.2) is 34.3 Å². The number of hydrogen-bond acceptors (Lipinski definition) is 4. The topological polar surface area (TPSA) is 81.4 Å². The van der Waals surface area contributed by atoms with Crippen LogP contribution in [-0.2, 0) is 22.1 Å². The van der Waals surface area contributed by atoms with Crippen molar-refractivity contribution in [2.75, 3.05) is 18.1 Å². The maximum atomic E-state index is 11.8. The average Bonchev–Trinajstić information content (AvgIpc) is 2.48. The molecule has 0 atom stereocenters. The molecule has 3 N–H and O–H groups in total. The highest BCUT2D eigenvalue weighted by molar-refractivity contribution is 7.85. The van der Waals surface area contributed by atoms with Gasteiger partial charge in [-0.15, -0.1) is 0 Å². The summed E-state index contributed by atoms with van der Waals surface area (Å²) < 4.78 is 16.6. The number of carbonyl (C=O) groups is 1. The number of benzene rings is 1. The standard InChI is InChI=1S/C14H20N2O3S/c15-9-11-1-3-13(4-2-11)19-10-14(17)16-12-5-7-20(18)8-6-12/h1-4,12H,5-10,15H2,(H,16,17). The first kappa shape index (κ1) is 15.0. The molecule has 0 radical (unpaired) electrons. The van der Waals surface area contributed by atoms with E-state index in [1.165, 1.54) is 0 Å². The first-order valence-electron chi connectivity index (χ1n) is 6.73. The van der Waals surface area contributed by atoms with Gasteiger partial charge in [-0.1, -0.05) is 12.1 Å². The van der Waals surface area contributed by atoms with Crippen LogP contribution in [0, 0.1) is 0 Å². The highest BCUT2D eigenvalue weighted by atomic mass is 32.2. The maximum Gasteiger partial charge on any atom is 0.258 e. The second-order valence-corrected chi connectivity index (χ2v) is 6.52. The fourth-order valence-electron chi connectivity index (χ4n) is 2.08. The van der Waals surface area contributed by atoms with Crippen molar-refractivity contribution >= 4 is 16.7 Å². The lowest BCUT2D eigenvalue weighted by atomic mass is 10.1. The summed E-state index contributed by atoms with van der Waals surface area (Å²) in [5.41, 5.74) is 6.53. The van der Waals surface area contributed by atoms with Crippen molar-refractivity contribution in [2.45, 2.75) is 25.4 Å². The predicted octanol–water partition coefficient (Wildman–Crippen LogP) is 0.551. The molecule has 1 fully saturated rings. The fourth-order valence-corrected chi connectivity index (χ4v) is 3.38. The molecule has 110 valence electrons. The molecule has 1 heterocycles. The van der Waals surface area contributed by atoms with Crippen LogP contribution in [0.5, 0.6) is 5.75 Å². The molecule has 0 aromatic heterocycles. The van der Waals surface area contributed by atoms with Crippen LogP contribution in [0.2, 0.25) is 0 Å². The minimum Gasteiger partial charge on any atom is -0.484 e. The highest BCUT2D eigenvalue weighted by Gasteiger charge is 2.19. The summed E-state index contributed by atoms with van der Waals surface area (Å²) in [4.78, 5) is 11.8. The quantitative estimate of drug-likeness (QED) is 0.831. The molecule has 1 aliphatic rings. The van der Waals surface area contributed by atoms with Gasteiger partial charge in [0.25, 0.3) is 5.91 Å². The van der Waals surface area contributed by atoms with Gasteiger partial charge in [0.05, 0.1) is 0 Å². The van der Waals surface area contributed by atoms with E-state index >= 15 is 0 Å². The smallest absolute Gasteiger partial charge is 0.258 e. The monoisotopic (exact) mass is 296 g/mol. The Bertz CT molecular complexity index is 466. The van der Waals surface area contributed by atoms with Crippen molar-refractivity contribution in [3.63, 3.8) is 0 Å². The van der Waals surface area contributed by atoms with E-state index in [1.54, 1.807) is 12.1 Å². The van der Waals surface area contributed by atoms with Gasteiger partial charge in [0, 0.05) is 34.9 Å². The molecule has 1 aromatic rings. The molecule has 5 nitrogen and oxygen atoms in total. The summed E-state index contributed by atoms with van der Waals surface area (Å²) in [7, 11) is -0.705. The van der Waals surface area contributed by atoms with E-state index in [2.05, 4.69) is 5.32 Å². The molecule has 0 spiro atoms. The maximum absolute atomic E-state index is 11.8. The number of rotatable bonds is 5. The molecule has 1 saturated heterocycles.